The molecule has 0 spiro atoms. The molecule has 0 aliphatic carbocycles. The third-order valence-electron chi connectivity index (χ3n) is 3.97. The highest BCUT2D eigenvalue weighted by Crippen LogP contribution is 2.08. The summed E-state index contributed by atoms with van der Waals surface area (Å²) in [6, 6.07) is -2.51. The number of nitrogens with one attached hydrogen (secondary N) is 3. The maximum atomic E-state index is 12.4. The molecule has 0 heterocycles. The summed E-state index contributed by atoms with van der Waals surface area (Å²) >= 11 is 0. The zero-order valence-corrected chi connectivity index (χ0v) is 15.5. The Morgan fingerprint density at radius 3 is 1.96 bits per heavy atom. The van der Waals surface area contributed by atoms with Crippen molar-refractivity contribution in [2.24, 2.45) is 17.6 Å². The van der Waals surface area contributed by atoms with Crippen LogP contribution in [0.15, 0.2) is 0 Å². The first-order chi connectivity index (χ1) is 11.5. The number of carboxylic acids is 1. The van der Waals surface area contributed by atoms with Gasteiger partial charge in [-0.15, -0.1) is 0 Å². The summed E-state index contributed by atoms with van der Waals surface area (Å²) in [6.07, 6.45) is 0.730. The summed E-state index contributed by atoms with van der Waals surface area (Å²) < 4.78 is 0. The molecule has 0 aromatic rings. The highest BCUT2D eigenvalue weighted by atomic mass is 16.4. The summed E-state index contributed by atoms with van der Waals surface area (Å²) in [5, 5.41) is 15.8. The normalized spacial score (nSPS) is 15.6. The number of amides is 3. The van der Waals surface area contributed by atoms with Crippen molar-refractivity contribution in [1.29, 1.82) is 0 Å². The lowest BCUT2D eigenvalue weighted by atomic mass is 9.97. The molecule has 3 amide bonds. The van der Waals surface area contributed by atoms with Crippen LogP contribution in [0.3, 0.4) is 0 Å². The van der Waals surface area contributed by atoms with Gasteiger partial charge in [0, 0.05) is 0 Å². The van der Waals surface area contributed by atoms with Gasteiger partial charge in [0.15, 0.2) is 0 Å². The third-order valence-corrected chi connectivity index (χ3v) is 3.97. The molecular formula is C16H30N4O5. The lowest BCUT2D eigenvalue weighted by Gasteiger charge is -2.26. The minimum atomic E-state index is -1.18. The van der Waals surface area contributed by atoms with Crippen molar-refractivity contribution in [2.75, 3.05) is 6.54 Å². The Kier molecular flexibility index (Phi) is 9.73. The van der Waals surface area contributed by atoms with Gasteiger partial charge in [0.05, 0.1) is 6.04 Å². The van der Waals surface area contributed by atoms with Gasteiger partial charge in [-0.3, -0.25) is 19.2 Å². The molecular weight excluding hydrogens is 328 g/mol. The van der Waals surface area contributed by atoms with E-state index in [1.807, 2.05) is 13.8 Å². The Morgan fingerprint density at radius 1 is 0.960 bits per heavy atom. The molecule has 6 N–H and O–H groups in total. The van der Waals surface area contributed by atoms with E-state index >= 15 is 0 Å². The van der Waals surface area contributed by atoms with Crippen LogP contribution in [0.25, 0.3) is 0 Å². The van der Waals surface area contributed by atoms with Crippen LogP contribution < -0.4 is 21.7 Å². The summed E-state index contributed by atoms with van der Waals surface area (Å²) in [5.41, 5.74) is 5.87. The average Bonchev–Trinajstić information content (AvgIpc) is 2.54. The first-order valence-corrected chi connectivity index (χ1v) is 8.37. The summed E-state index contributed by atoms with van der Waals surface area (Å²) in [5.74, 6) is -3.01. The molecule has 0 radical (unpaired) electrons. The number of aliphatic carboxylic acids is 1. The van der Waals surface area contributed by atoms with Crippen molar-refractivity contribution in [2.45, 2.75) is 59.2 Å². The molecule has 9 heteroatoms. The molecule has 0 aromatic heterocycles. The van der Waals surface area contributed by atoms with E-state index in [2.05, 4.69) is 16.0 Å². The SMILES string of the molecule is CCC(C)C(N)C(=O)NC(C(=O)NC(C)C(=O)NCC(=O)O)C(C)C. The predicted octanol–water partition coefficient (Wildman–Crippen LogP) is -0.794. The zero-order chi connectivity index (χ0) is 19.7. The monoisotopic (exact) mass is 358 g/mol. The number of nitrogens with two attached hydrogens (primary N) is 1. The van der Waals surface area contributed by atoms with Crippen LogP contribution in [-0.2, 0) is 19.2 Å². The van der Waals surface area contributed by atoms with E-state index in [1.54, 1.807) is 13.8 Å². The van der Waals surface area contributed by atoms with Crippen LogP contribution in [0, 0.1) is 11.8 Å². The van der Waals surface area contributed by atoms with Crippen molar-refractivity contribution >= 4 is 23.7 Å². The maximum Gasteiger partial charge on any atom is 0.322 e. The van der Waals surface area contributed by atoms with E-state index in [0.717, 1.165) is 6.42 Å². The van der Waals surface area contributed by atoms with E-state index in [0.29, 0.717) is 0 Å². The maximum absolute atomic E-state index is 12.4. The summed E-state index contributed by atoms with van der Waals surface area (Å²) in [7, 11) is 0. The molecule has 0 aliphatic rings. The molecule has 0 fully saturated rings. The lowest BCUT2D eigenvalue weighted by molar-refractivity contribution is -0.138. The standard InChI is InChI=1S/C16H30N4O5/c1-6-9(4)12(17)15(24)20-13(8(2)3)16(25)19-10(5)14(23)18-7-11(21)22/h8-10,12-13H,6-7,17H2,1-5H3,(H,18,23)(H,19,25)(H,20,24)(H,21,22). The largest absolute Gasteiger partial charge is 0.480 e. The van der Waals surface area contributed by atoms with Crippen LogP contribution >= 0.6 is 0 Å². The van der Waals surface area contributed by atoms with Crippen LogP contribution in [0.1, 0.15) is 41.0 Å². The number of carboxylic acid groups (broad SMARTS) is 1. The Morgan fingerprint density at radius 2 is 1.52 bits per heavy atom. The van der Waals surface area contributed by atoms with Gasteiger partial charge in [0.1, 0.15) is 18.6 Å². The number of rotatable bonds is 10. The second kappa shape index (κ2) is 10.7. The fourth-order valence-corrected chi connectivity index (χ4v) is 1.98. The van der Waals surface area contributed by atoms with Gasteiger partial charge in [0.2, 0.25) is 17.7 Å². The van der Waals surface area contributed by atoms with Crippen molar-refractivity contribution in [3.8, 4) is 0 Å². The fourth-order valence-electron chi connectivity index (χ4n) is 1.98. The van der Waals surface area contributed by atoms with Gasteiger partial charge in [0.25, 0.3) is 0 Å². The molecule has 144 valence electrons. The van der Waals surface area contributed by atoms with Crippen LogP contribution in [-0.4, -0.2) is 53.5 Å². The Balaban J connectivity index is 4.82. The Labute approximate surface area is 148 Å². The van der Waals surface area contributed by atoms with E-state index in [9.17, 15) is 19.2 Å². The topological polar surface area (TPSA) is 151 Å². The van der Waals surface area contributed by atoms with Gasteiger partial charge in [-0.05, 0) is 18.8 Å². The number of hydrogen-bond acceptors (Lipinski definition) is 5. The quantitative estimate of drug-likeness (QED) is 0.345. The minimum absolute atomic E-state index is 0.0309. The molecule has 0 rings (SSSR count). The Bertz CT molecular complexity index is 495. The fraction of sp³-hybridized carbons (Fsp3) is 0.750. The zero-order valence-electron chi connectivity index (χ0n) is 15.5. The van der Waals surface area contributed by atoms with Crippen molar-refractivity contribution in [3.05, 3.63) is 0 Å². The van der Waals surface area contributed by atoms with Gasteiger partial charge in [-0.1, -0.05) is 34.1 Å². The second-order valence-electron chi connectivity index (χ2n) is 6.48. The first-order valence-electron chi connectivity index (χ1n) is 8.37. The van der Waals surface area contributed by atoms with Crippen LogP contribution in [0.2, 0.25) is 0 Å². The number of hydrogen-bond donors (Lipinski definition) is 5. The molecule has 0 saturated heterocycles. The summed E-state index contributed by atoms with van der Waals surface area (Å²) in [6.45, 7) is 8.18. The van der Waals surface area contributed by atoms with Crippen molar-refractivity contribution in [3.63, 3.8) is 0 Å². The highest BCUT2D eigenvalue weighted by molar-refractivity contribution is 5.93. The third kappa shape index (κ3) is 7.97. The first kappa shape index (κ1) is 22.8. The molecule has 0 aromatic carbocycles. The lowest BCUT2D eigenvalue weighted by Crippen LogP contribution is -2.57. The number of carbonyl (C=O) groups excluding carboxylic acids is 3. The highest BCUT2D eigenvalue weighted by Gasteiger charge is 2.29. The van der Waals surface area contributed by atoms with E-state index in [1.165, 1.54) is 6.92 Å². The predicted molar refractivity (Wildman–Crippen MR) is 92.4 cm³/mol. The molecule has 0 saturated carbocycles. The molecule has 0 aliphatic heterocycles. The van der Waals surface area contributed by atoms with E-state index in [4.69, 9.17) is 10.8 Å². The molecule has 4 unspecified atom stereocenters. The van der Waals surface area contributed by atoms with Crippen molar-refractivity contribution < 1.29 is 24.3 Å². The molecule has 25 heavy (non-hydrogen) atoms. The van der Waals surface area contributed by atoms with E-state index in [-0.39, 0.29) is 11.8 Å². The van der Waals surface area contributed by atoms with Crippen LogP contribution in [0.5, 0.6) is 0 Å². The molecule has 0 bridgehead atoms. The Hall–Kier alpha value is -2.16. The molecule has 9 nitrogen and oxygen atoms in total. The van der Waals surface area contributed by atoms with E-state index < -0.39 is 48.4 Å². The van der Waals surface area contributed by atoms with Crippen molar-refractivity contribution in [1.82, 2.24) is 16.0 Å². The number of carbonyl (C=O) groups is 4. The summed E-state index contributed by atoms with van der Waals surface area (Å²) in [4.78, 5) is 46.8. The van der Waals surface area contributed by atoms with Gasteiger partial charge >= 0.3 is 5.97 Å². The minimum Gasteiger partial charge on any atom is -0.480 e. The van der Waals surface area contributed by atoms with Crippen LogP contribution in [0.4, 0.5) is 0 Å². The van der Waals surface area contributed by atoms with Gasteiger partial charge in [-0.25, -0.2) is 0 Å². The second-order valence-corrected chi connectivity index (χ2v) is 6.48. The van der Waals surface area contributed by atoms with Gasteiger partial charge < -0.3 is 26.8 Å². The molecule has 4 atom stereocenters. The average molecular weight is 358 g/mol. The smallest absolute Gasteiger partial charge is 0.322 e. The van der Waals surface area contributed by atoms with Gasteiger partial charge in [-0.2, -0.15) is 0 Å².